The summed E-state index contributed by atoms with van der Waals surface area (Å²) in [5.74, 6) is 0. The number of nitrogens with zero attached hydrogens (tertiary/aromatic N) is 3. The van der Waals surface area contributed by atoms with Crippen LogP contribution in [0.25, 0.3) is 0 Å². The first-order chi connectivity index (χ1) is 5.36. The Balaban J connectivity index is 2.82. The van der Waals surface area contributed by atoms with Gasteiger partial charge < -0.3 is 9.94 Å². The van der Waals surface area contributed by atoms with Gasteiger partial charge in [0.2, 0.25) is 0 Å². The lowest BCUT2D eigenvalue weighted by Gasteiger charge is -1.94. The molecule has 0 aliphatic heterocycles. The van der Waals surface area contributed by atoms with Gasteiger partial charge in [-0.3, -0.25) is 0 Å². The Hall–Kier alpha value is -1.65. The number of rotatable bonds is 2. The molecule has 5 heteroatoms. The Morgan fingerprint density at radius 1 is 1.55 bits per heavy atom. The van der Waals surface area contributed by atoms with Gasteiger partial charge in [-0.15, -0.1) is 0 Å². The summed E-state index contributed by atoms with van der Waals surface area (Å²) in [6.07, 6.45) is 4.22. The largest absolute Gasteiger partial charge is 0.467 e. The molecule has 0 aliphatic carbocycles. The number of hydrogen-bond donors (Lipinski definition) is 1. The minimum atomic E-state index is 0.292. The Bertz CT molecular complexity index is 245. The first-order valence-electron chi connectivity index (χ1n) is 2.90. The highest BCUT2D eigenvalue weighted by Gasteiger charge is 1.92. The van der Waals surface area contributed by atoms with Crippen LogP contribution in [0.15, 0.2) is 17.5 Å². The van der Waals surface area contributed by atoms with Crippen molar-refractivity contribution in [1.29, 1.82) is 0 Å². The average Bonchev–Trinajstić information content (AvgIpc) is 2.07. The van der Waals surface area contributed by atoms with Crippen LogP contribution in [-0.2, 0) is 0 Å². The Labute approximate surface area is 63.4 Å². The van der Waals surface area contributed by atoms with Crippen molar-refractivity contribution in [3.05, 3.63) is 18.0 Å². The van der Waals surface area contributed by atoms with E-state index < -0.39 is 0 Å². The summed E-state index contributed by atoms with van der Waals surface area (Å²) in [5.41, 5.74) is 0.619. The molecule has 1 heterocycles. The molecule has 0 bridgehead atoms. The van der Waals surface area contributed by atoms with E-state index in [1.54, 1.807) is 0 Å². The van der Waals surface area contributed by atoms with E-state index in [-0.39, 0.29) is 0 Å². The van der Waals surface area contributed by atoms with Crippen LogP contribution in [0, 0.1) is 0 Å². The normalized spacial score (nSPS) is 10.3. The Morgan fingerprint density at radius 3 is 2.64 bits per heavy atom. The molecule has 0 saturated heterocycles. The standard InChI is InChI=1S/C6H7N3O2/c1-11-6-7-2-5(3-8-6)4-9-10/h2-4,10H,1H3. The van der Waals surface area contributed by atoms with Crippen molar-refractivity contribution in [1.82, 2.24) is 9.97 Å². The Morgan fingerprint density at radius 2 is 2.18 bits per heavy atom. The zero-order valence-corrected chi connectivity index (χ0v) is 5.93. The summed E-state index contributed by atoms with van der Waals surface area (Å²) in [4.78, 5) is 7.56. The fraction of sp³-hybridized carbons (Fsp3) is 0.167. The van der Waals surface area contributed by atoms with Crippen LogP contribution in [0.4, 0.5) is 0 Å². The molecule has 1 aromatic heterocycles. The molecule has 0 saturated carbocycles. The first kappa shape index (κ1) is 7.46. The highest BCUT2D eigenvalue weighted by Crippen LogP contribution is 1.98. The van der Waals surface area contributed by atoms with Crippen LogP contribution in [0.3, 0.4) is 0 Å². The third kappa shape index (κ3) is 1.89. The number of oxime groups is 1. The highest BCUT2D eigenvalue weighted by atomic mass is 16.5. The lowest BCUT2D eigenvalue weighted by Crippen LogP contribution is -1.92. The molecule has 0 aromatic carbocycles. The molecule has 1 N–H and O–H groups in total. The molecule has 0 unspecified atom stereocenters. The van der Waals surface area contributed by atoms with Crippen LogP contribution in [0.5, 0.6) is 6.01 Å². The topological polar surface area (TPSA) is 67.6 Å². The van der Waals surface area contributed by atoms with Crippen LogP contribution in [-0.4, -0.2) is 28.5 Å². The van der Waals surface area contributed by atoms with Gasteiger partial charge in [0.25, 0.3) is 0 Å². The van der Waals surface area contributed by atoms with Crippen LogP contribution < -0.4 is 4.74 Å². The van der Waals surface area contributed by atoms with Gasteiger partial charge in [0, 0.05) is 18.0 Å². The van der Waals surface area contributed by atoms with Crippen molar-refractivity contribution >= 4 is 6.21 Å². The van der Waals surface area contributed by atoms with Gasteiger partial charge in [-0.05, 0) is 0 Å². The van der Waals surface area contributed by atoms with E-state index in [0.717, 1.165) is 0 Å². The molecule has 0 aliphatic rings. The Kier molecular flexibility index (Phi) is 2.37. The third-order valence-electron chi connectivity index (χ3n) is 1.04. The van der Waals surface area contributed by atoms with Crippen LogP contribution in [0.1, 0.15) is 5.56 Å². The average molecular weight is 153 g/mol. The summed E-state index contributed by atoms with van der Waals surface area (Å²) >= 11 is 0. The SMILES string of the molecule is COc1ncc(C=NO)cn1. The predicted molar refractivity (Wildman–Crippen MR) is 38.0 cm³/mol. The molecule has 1 aromatic rings. The summed E-state index contributed by atoms with van der Waals surface area (Å²) in [6, 6.07) is 0.292. The molecule has 0 amide bonds. The fourth-order valence-electron chi connectivity index (χ4n) is 0.565. The second kappa shape index (κ2) is 3.50. The van der Waals surface area contributed by atoms with E-state index in [9.17, 15) is 0 Å². The van der Waals surface area contributed by atoms with Crippen LogP contribution in [0.2, 0.25) is 0 Å². The van der Waals surface area contributed by atoms with Crippen molar-refractivity contribution < 1.29 is 9.94 Å². The minimum Gasteiger partial charge on any atom is -0.467 e. The van der Waals surface area contributed by atoms with Gasteiger partial charge in [0.15, 0.2) is 0 Å². The van der Waals surface area contributed by atoms with Gasteiger partial charge in [-0.1, -0.05) is 5.16 Å². The van der Waals surface area contributed by atoms with Crippen molar-refractivity contribution in [3.8, 4) is 6.01 Å². The van der Waals surface area contributed by atoms with Crippen molar-refractivity contribution in [2.24, 2.45) is 5.16 Å². The summed E-state index contributed by atoms with van der Waals surface area (Å²) < 4.78 is 4.72. The van der Waals surface area contributed by atoms with E-state index in [1.807, 2.05) is 0 Å². The highest BCUT2D eigenvalue weighted by molar-refractivity contribution is 5.77. The van der Waals surface area contributed by atoms with E-state index >= 15 is 0 Å². The maximum Gasteiger partial charge on any atom is 0.316 e. The first-order valence-corrected chi connectivity index (χ1v) is 2.90. The van der Waals surface area contributed by atoms with Gasteiger partial charge >= 0.3 is 6.01 Å². The molecular formula is C6H7N3O2. The lowest BCUT2D eigenvalue weighted by molar-refractivity contribution is 0.321. The quantitative estimate of drug-likeness (QED) is 0.376. The molecule has 5 nitrogen and oxygen atoms in total. The van der Waals surface area contributed by atoms with Gasteiger partial charge in [0.1, 0.15) is 0 Å². The van der Waals surface area contributed by atoms with E-state index in [4.69, 9.17) is 9.94 Å². The molecule has 58 valence electrons. The zero-order chi connectivity index (χ0) is 8.10. The summed E-state index contributed by atoms with van der Waals surface area (Å²) in [5, 5.41) is 10.9. The number of hydrogen-bond acceptors (Lipinski definition) is 5. The predicted octanol–water partition coefficient (Wildman–Crippen LogP) is 0.293. The van der Waals surface area contributed by atoms with E-state index in [1.165, 1.54) is 25.7 Å². The number of ether oxygens (including phenoxy) is 1. The minimum absolute atomic E-state index is 0.292. The maximum atomic E-state index is 8.13. The maximum absolute atomic E-state index is 8.13. The smallest absolute Gasteiger partial charge is 0.316 e. The zero-order valence-electron chi connectivity index (χ0n) is 5.93. The van der Waals surface area contributed by atoms with Crippen molar-refractivity contribution in [3.63, 3.8) is 0 Å². The lowest BCUT2D eigenvalue weighted by atomic mass is 10.4. The molecule has 0 atom stereocenters. The van der Waals surface area contributed by atoms with Crippen molar-refractivity contribution in [2.45, 2.75) is 0 Å². The van der Waals surface area contributed by atoms with E-state index in [0.29, 0.717) is 11.6 Å². The molecule has 11 heavy (non-hydrogen) atoms. The molecule has 0 spiro atoms. The molecule has 0 radical (unpaired) electrons. The fourth-order valence-corrected chi connectivity index (χ4v) is 0.565. The second-order valence-corrected chi connectivity index (χ2v) is 1.75. The number of aromatic nitrogens is 2. The molecule has 1 rings (SSSR count). The third-order valence-corrected chi connectivity index (χ3v) is 1.04. The monoisotopic (exact) mass is 153 g/mol. The summed E-state index contributed by atoms with van der Waals surface area (Å²) in [7, 11) is 1.48. The van der Waals surface area contributed by atoms with E-state index in [2.05, 4.69) is 15.1 Å². The molecular weight excluding hydrogens is 146 g/mol. The van der Waals surface area contributed by atoms with Gasteiger partial charge in [-0.2, -0.15) is 0 Å². The second-order valence-electron chi connectivity index (χ2n) is 1.75. The van der Waals surface area contributed by atoms with Gasteiger partial charge in [0.05, 0.1) is 13.3 Å². The number of methoxy groups -OCH3 is 1. The van der Waals surface area contributed by atoms with Crippen molar-refractivity contribution in [2.75, 3.05) is 7.11 Å². The van der Waals surface area contributed by atoms with Crippen LogP contribution >= 0.6 is 0 Å². The van der Waals surface area contributed by atoms with Gasteiger partial charge in [-0.25, -0.2) is 9.97 Å². The summed E-state index contributed by atoms with van der Waals surface area (Å²) in [6.45, 7) is 0. The molecule has 0 fully saturated rings.